The molecular formula is C15H25N5O2S. The van der Waals surface area contributed by atoms with Gasteiger partial charge in [0.25, 0.3) is 5.19 Å². The molecule has 0 spiro atoms. The van der Waals surface area contributed by atoms with Gasteiger partial charge in [-0.15, -0.1) is 10.2 Å². The molecule has 0 radical (unpaired) electrons. The number of carbonyl (C=O) groups excluding carboxylic acids is 1. The highest BCUT2D eigenvalue weighted by atomic mass is 32.1. The summed E-state index contributed by atoms with van der Waals surface area (Å²) in [4.78, 5) is 18.7. The third-order valence-corrected chi connectivity index (χ3v) is 5.40. The number of urea groups is 1. The third kappa shape index (κ3) is 3.74. The van der Waals surface area contributed by atoms with E-state index in [-0.39, 0.29) is 6.03 Å². The van der Waals surface area contributed by atoms with Crippen molar-refractivity contribution in [2.75, 3.05) is 39.3 Å². The van der Waals surface area contributed by atoms with Gasteiger partial charge in [0.05, 0.1) is 13.2 Å². The Balaban J connectivity index is 1.47. The van der Waals surface area contributed by atoms with E-state index < -0.39 is 0 Å². The summed E-state index contributed by atoms with van der Waals surface area (Å²) in [6, 6.07) is 0.611. The zero-order valence-corrected chi connectivity index (χ0v) is 14.7. The van der Waals surface area contributed by atoms with E-state index in [9.17, 15) is 4.79 Å². The van der Waals surface area contributed by atoms with Crippen LogP contribution >= 0.6 is 11.3 Å². The van der Waals surface area contributed by atoms with E-state index in [0.29, 0.717) is 17.8 Å². The fourth-order valence-electron chi connectivity index (χ4n) is 3.30. The Kier molecular flexibility index (Phi) is 5.32. The van der Waals surface area contributed by atoms with Crippen LogP contribution in [0.3, 0.4) is 0 Å². The highest BCUT2D eigenvalue weighted by Gasteiger charge is 2.34. The lowest BCUT2D eigenvalue weighted by molar-refractivity contribution is 0.126. The van der Waals surface area contributed by atoms with E-state index in [1.165, 1.54) is 11.3 Å². The summed E-state index contributed by atoms with van der Waals surface area (Å²) in [7, 11) is 0. The number of amides is 2. The molecule has 1 aromatic rings. The fourth-order valence-corrected chi connectivity index (χ4v) is 4.09. The first-order chi connectivity index (χ1) is 11.2. The highest BCUT2D eigenvalue weighted by molar-refractivity contribution is 7.13. The van der Waals surface area contributed by atoms with Crippen molar-refractivity contribution >= 4 is 17.4 Å². The van der Waals surface area contributed by atoms with Crippen molar-refractivity contribution in [3.63, 3.8) is 0 Å². The molecule has 1 aromatic heterocycles. The van der Waals surface area contributed by atoms with Gasteiger partial charge in [-0.05, 0) is 26.7 Å². The molecule has 0 atom stereocenters. The number of ether oxygens (including phenoxy) is 1. The number of nitrogens with zero attached hydrogens (tertiary/aromatic N) is 5. The maximum absolute atomic E-state index is 12.3. The Hall–Kier alpha value is -1.41. The van der Waals surface area contributed by atoms with Gasteiger partial charge in [-0.1, -0.05) is 11.3 Å². The summed E-state index contributed by atoms with van der Waals surface area (Å²) in [5, 5.41) is 9.88. The molecule has 23 heavy (non-hydrogen) atoms. The van der Waals surface area contributed by atoms with E-state index in [2.05, 4.69) is 20.0 Å². The largest absolute Gasteiger partial charge is 0.469 e. The Bertz CT molecular complexity index is 530. The average molecular weight is 339 g/mol. The number of aromatic nitrogens is 2. The lowest BCUT2D eigenvalue weighted by atomic mass is 10.0. The molecule has 0 saturated carbocycles. The van der Waals surface area contributed by atoms with Gasteiger partial charge in [-0.25, -0.2) is 4.79 Å². The molecule has 0 aromatic carbocycles. The molecule has 2 aliphatic heterocycles. The summed E-state index contributed by atoms with van der Waals surface area (Å²) in [5.74, 6) is 0. The van der Waals surface area contributed by atoms with Crippen LogP contribution in [0, 0.1) is 0 Å². The number of rotatable bonds is 6. The second-order valence-electron chi connectivity index (χ2n) is 5.96. The molecule has 0 aliphatic carbocycles. The topological polar surface area (TPSA) is 61.8 Å². The van der Waals surface area contributed by atoms with Gasteiger partial charge in [-0.3, -0.25) is 4.90 Å². The molecule has 0 unspecified atom stereocenters. The zero-order chi connectivity index (χ0) is 16.2. The van der Waals surface area contributed by atoms with Crippen LogP contribution < -0.4 is 4.74 Å². The number of hydrogen-bond donors (Lipinski definition) is 0. The van der Waals surface area contributed by atoms with Crippen LogP contribution in [0.4, 0.5) is 4.79 Å². The standard InChI is InChI=1S/C15H25N5O2S/c1-3-19-9-10-20(15(19)21)12-5-7-18(8-6-12)11-13-16-17-14(23-13)22-4-2/h12H,3-11H2,1-2H3. The lowest BCUT2D eigenvalue weighted by Crippen LogP contribution is -2.46. The molecule has 128 valence electrons. The van der Waals surface area contributed by atoms with Crippen molar-refractivity contribution in [3.05, 3.63) is 5.01 Å². The van der Waals surface area contributed by atoms with Gasteiger partial charge in [-0.2, -0.15) is 0 Å². The van der Waals surface area contributed by atoms with E-state index >= 15 is 0 Å². The molecule has 2 fully saturated rings. The van der Waals surface area contributed by atoms with Crippen molar-refractivity contribution in [2.24, 2.45) is 0 Å². The number of likely N-dealkylation sites (tertiary alicyclic amines) is 1. The summed E-state index contributed by atoms with van der Waals surface area (Å²) < 4.78 is 5.37. The van der Waals surface area contributed by atoms with Gasteiger partial charge in [0, 0.05) is 38.8 Å². The highest BCUT2D eigenvalue weighted by Crippen LogP contribution is 2.24. The molecule has 0 N–H and O–H groups in total. The van der Waals surface area contributed by atoms with Gasteiger partial charge in [0.2, 0.25) is 0 Å². The second-order valence-corrected chi connectivity index (χ2v) is 6.98. The Labute approximate surface area is 141 Å². The first-order valence-corrected chi connectivity index (χ1v) is 9.26. The zero-order valence-electron chi connectivity index (χ0n) is 13.9. The minimum Gasteiger partial charge on any atom is -0.469 e. The van der Waals surface area contributed by atoms with Crippen LogP contribution in [0.1, 0.15) is 31.7 Å². The molecule has 3 heterocycles. The van der Waals surface area contributed by atoms with Gasteiger partial charge in [0.15, 0.2) is 0 Å². The first-order valence-electron chi connectivity index (χ1n) is 8.44. The maximum Gasteiger partial charge on any atom is 0.320 e. The molecule has 0 bridgehead atoms. The quantitative estimate of drug-likeness (QED) is 0.789. The van der Waals surface area contributed by atoms with Crippen LogP contribution in [-0.4, -0.2) is 76.3 Å². The van der Waals surface area contributed by atoms with Crippen molar-refractivity contribution in [1.29, 1.82) is 0 Å². The van der Waals surface area contributed by atoms with Crippen LogP contribution in [0.2, 0.25) is 0 Å². The molecule has 2 amide bonds. The Morgan fingerprint density at radius 2 is 1.96 bits per heavy atom. The number of hydrogen-bond acceptors (Lipinski definition) is 6. The minimum absolute atomic E-state index is 0.219. The summed E-state index contributed by atoms with van der Waals surface area (Å²) in [6.45, 7) is 10.0. The molecular weight excluding hydrogens is 314 g/mol. The maximum atomic E-state index is 12.3. The Morgan fingerprint density at radius 3 is 2.61 bits per heavy atom. The van der Waals surface area contributed by atoms with E-state index in [0.717, 1.165) is 57.1 Å². The monoisotopic (exact) mass is 339 g/mol. The fraction of sp³-hybridized carbons (Fsp3) is 0.800. The average Bonchev–Trinajstić information content (AvgIpc) is 3.15. The van der Waals surface area contributed by atoms with Gasteiger partial charge >= 0.3 is 6.03 Å². The van der Waals surface area contributed by atoms with Crippen LogP contribution in [0.15, 0.2) is 0 Å². The van der Waals surface area contributed by atoms with E-state index in [1.807, 2.05) is 18.7 Å². The first kappa shape index (κ1) is 16.4. The van der Waals surface area contributed by atoms with Crippen molar-refractivity contribution in [3.8, 4) is 5.19 Å². The van der Waals surface area contributed by atoms with Crippen molar-refractivity contribution < 1.29 is 9.53 Å². The minimum atomic E-state index is 0.219. The van der Waals surface area contributed by atoms with Crippen molar-refractivity contribution in [2.45, 2.75) is 39.3 Å². The van der Waals surface area contributed by atoms with E-state index in [4.69, 9.17) is 4.74 Å². The predicted octanol–water partition coefficient (Wildman–Crippen LogP) is 1.66. The summed E-state index contributed by atoms with van der Waals surface area (Å²) in [5.41, 5.74) is 0. The van der Waals surface area contributed by atoms with Crippen LogP contribution in [-0.2, 0) is 6.54 Å². The van der Waals surface area contributed by atoms with Gasteiger partial charge in [0.1, 0.15) is 5.01 Å². The van der Waals surface area contributed by atoms with Gasteiger partial charge < -0.3 is 14.5 Å². The van der Waals surface area contributed by atoms with Crippen LogP contribution in [0.5, 0.6) is 5.19 Å². The van der Waals surface area contributed by atoms with Crippen molar-refractivity contribution in [1.82, 2.24) is 24.9 Å². The summed E-state index contributed by atoms with van der Waals surface area (Å²) in [6.07, 6.45) is 2.08. The second kappa shape index (κ2) is 7.44. The Morgan fingerprint density at radius 1 is 1.17 bits per heavy atom. The number of piperidine rings is 1. The van der Waals surface area contributed by atoms with Crippen LogP contribution in [0.25, 0.3) is 0 Å². The van der Waals surface area contributed by atoms with E-state index in [1.54, 1.807) is 0 Å². The number of likely N-dealkylation sites (N-methyl/N-ethyl adjacent to an activating group) is 1. The molecule has 8 heteroatoms. The SMILES string of the molecule is CCOc1nnc(CN2CCC(N3CCN(CC)C3=O)CC2)s1. The molecule has 7 nitrogen and oxygen atoms in total. The number of carbonyl (C=O) groups is 1. The smallest absolute Gasteiger partial charge is 0.320 e. The third-order valence-electron chi connectivity index (χ3n) is 4.58. The lowest BCUT2D eigenvalue weighted by Gasteiger charge is -2.36. The molecule has 3 rings (SSSR count). The predicted molar refractivity (Wildman–Crippen MR) is 88.7 cm³/mol. The summed E-state index contributed by atoms with van der Waals surface area (Å²) >= 11 is 1.52. The molecule has 2 aliphatic rings. The molecule has 2 saturated heterocycles. The normalized spacial score (nSPS) is 20.5.